The monoisotopic (exact) mass is 594 g/mol. The number of aliphatic hydroxyl groups is 1. The molecule has 0 amide bonds. The smallest absolute Gasteiger partial charge is 0.435 e. The molecule has 0 heterocycles. The van der Waals surface area contributed by atoms with Crippen LogP contribution in [0.15, 0.2) is 23.8 Å². The van der Waals surface area contributed by atoms with Crippen LogP contribution in [0, 0.1) is 28.6 Å². The predicted octanol–water partition coefficient (Wildman–Crippen LogP) is 5.70. The number of rotatable bonds is 9. The molecule has 0 bridgehead atoms. The van der Waals surface area contributed by atoms with Gasteiger partial charge in [-0.15, -0.1) is 11.6 Å². The van der Waals surface area contributed by atoms with Crippen LogP contribution >= 0.6 is 11.6 Å². The van der Waals surface area contributed by atoms with Crippen molar-refractivity contribution >= 4 is 35.5 Å². The van der Waals surface area contributed by atoms with Gasteiger partial charge >= 0.3 is 12.3 Å². The van der Waals surface area contributed by atoms with Crippen molar-refractivity contribution in [3.8, 4) is 0 Å². The van der Waals surface area contributed by atoms with Gasteiger partial charge in [0.25, 0.3) is 0 Å². The van der Waals surface area contributed by atoms with Crippen LogP contribution in [0.2, 0.25) is 0 Å². The first-order chi connectivity index (χ1) is 19.3. The van der Waals surface area contributed by atoms with Gasteiger partial charge in [-0.2, -0.15) is 0 Å². The van der Waals surface area contributed by atoms with E-state index in [1.165, 1.54) is 6.08 Å². The maximum atomic E-state index is 14.1. The Morgan fingerprint density at radius 2 is 1.80 bits per heavy atom. The Bertz CT molecular complexity index is 1130. The number of aliphatic hydroxyl groups excluding tert-OH is 1. The molecule has 4 aliphatic rings. The number of allylic oxidation sites excluding steroid dienone is 4. The van der Waals surface area contributed by atoms with Crippen LogP contribution in [0.4, 0.5) is 9.59 Å². The lowest BCUT2D eigenvalue weighted by Gasteiger charge is -2.64. The average molecular weight is 595 g/mol. The molecule has 4 aliphatic carbocycles. The Morgan fingerprint density at radius 3 is 2.49 bits per heavy atom. The number of carbonyl (C=O) groups is 4. The number of hydrogen-bond donors (Lipinski definition) is 1. The van der Waals surface area contributed by atoms with Gasteiger partial charge in [0.2, 0.25) is 5.78 Å². The van der Waals surface area contributed by atoms with Gasteiger partial charge in [-0.3, -0.25) is 9.59 Å². The minimum absolute atomic E-state index is 0.0565. The van der Waals surface area contributed by atoms with Crippen LogP contribution in [-0.2, 0) is 28.5 Å². The maximum Gasteiger partial charge on any atom is 0.509 e. The van der Waals surface area contributed by atoms with Gasteiger partial charge in [-0.05, 0) is 63.0 Å². The van der Waals surface area contributed by atoms with Gasteiger partial charge < -0.3 is 24.1 Å². The Morgan fingerprint density at radius 1 is 1.07 bits per heavy atom. The average Bonchev–Trinajstić information content (AvgIpc) is 3.13. The van der Waals surface area contributed by atoms with E-state index in [0.29, 0.717) is 25.7 Å². The van der Waals surface area contributed by atoms with E-state index in [1.807, 2.05) is 33.8 Å². The molecule has 3 saturated carbocycles. The Labute approximate surface area is 246 Å². The lowest BCUT2D eigenvalue weighted by Crippen LogP contribution is -2.69. The van der Waals surface area contributed by atoms with Crippen molar-refractivity contribution < 1.29 is 43.2 Å². The van der Waals surface area contributed by atoms with E-state index >= 15 is 0 Å². The number of fused-ring (bicyclic) bond motifs is 5. The van der Waals surface area contributed by atoms with E-state index in [9.17, 15) is 24.3 Å². The summed E-state index contributed by atoms with van der Waals surface area (Å²) in [5.74, 6) is -1.66. The summed E-state index contributed by atoms with van der Waals surface area (Å²) >= 11 is 7.52. The molecule has 0 spiro atoms. The summed E-state index contributed by atoms with van der Waals surface area (Å²) < 4.78 is 21.4. The Hall–Kier alpha value is -2.39. The lowest BCUT2D eigenvalue weighted by molar-refractivity contribution is -0.185. The first kappa shape index (κ1) is 31.5. The fraction of sp³-hybridized carbons (Fsp3) is 0.742. The van der Waals surface area contributed by atoms with Crippen molar-refractivity contribution in [3.63, 3.8) is 0 Å². The van der Waals surface area contributed by atoms with Crippen LogP contribution in [0.25, 0.3) is 0 Å². The van der Waals surface area contributed by atoms with Gasteiger partial charge in [-0.1, -0.05) is 52.2 Å². The number of halogens is 1. The molecule has 0 saturated heterocycles. The molecule has 4 rings (SSSR count). The van der Waals surface area contributed by atoms with Gasteiger partial charge in [0, 0.05) is 16.7 Å². The van der Waals surface area contributed by atoms with Gasteiger partial charge in [-0.25, -0.2) is 9.59 Å². The molecule has 0 aromatic rings. The number of alkyl halides is 1. The summed E-state index contributed by atoms with van der Waals surface area (Å²) in [4.78, 5) is 50.2. The fourth-order valence-corrected chi connectivity index (χ4v) is 8.98. The molecule has 0 aromatic heterocycles. The summed E-state index contributed by atoms with van der Waals surface area (Å²) in [5, 5.41) is 11.9. The lowest BCUT2D eigenvalue weighted by atomic mass is 9.45. The molecule has 0 aromatic carbocycles. The zero-order valence-electron chi connectivity index (χ0n) is 24.7. The molecular formula is C31H43ClO9. The molecule has 1 unspecified atom stereocenters. The van der Waals surface area contributed by atoms with Crippen LogP contribution < -0.4 is 0 Å². The minimum atomic E-state index is -1.74. The summed E-state index contributed by atoms with van der Waals surface area (Å²) in [5.41, 5.74) is -2.66. The molecule has 8 atom stereocenters. The maximum absolute atomic E-state index is 14.1. The summed E-state index contributed by atoms with van der Waals surface area (Å²) in [6.07, 6.45) is 6.12. The Balaban J connectivity index is 1.72. The summed E-state index contributed by atoms with van der Waals surface area (Å²) in [7, 11) is 0. The number of hydrogen-bond acceptors (Lipinski definition) is 9. The van der Waals surface area contributed by atoms with E-state index in [1.54, 1.807) is 13.0 Å². The number of ether oxygens (including phenoxy) is 4. The second-order valence-corrected chi connectivity index (χ2v) is 13.1. The van der Waals surface area contributed by atoms with Gasteiger partial charge in [0.15, 0.2) is 18.0 Å². The third kappa shape index (κ3) is 4.90. The first-order valence-electron chi connectivity index (χ1n) is 14.8. The highest BCUT2D eigenvalue weighted by Gasteiger charge is 2.76. The van der Waals surface area contributed by atoms with Crippen molar-refractivity contribution in [1.29, 1.82) is 0 Å². The quantitative estimate of drug-likeness (QED) is 0.203. The third-order valence-corrected chi connectivity index (χ3v) is 11.3. The molecule has 228 valence electrons. The highest BCUT2D eigenvalue weighted by Crippen LogP contribution is 2.72. The SMILES string of the molecule is CCCCCOC(=O)O[C@]1(C(=O)COC(=O)OCC)[C@H](C)C[C@H]2[C@@H]3CCC4=CC(=O)C=C[C@]4(C)[C@@]3(Cl)C(O)C[C@@]21C. The van der Waals surface area contributed by atoms with Crippen LogP contribution in [0.3, 0.4) is 0 Å². The second-order valence-electron chi connectivity index (χ2n) is 12.4. The standard InChI is InChI=1S/C31H43ClO9/c1-6-8-9-14-39-27(37)41-31(25(35)18-40-26(36)38-7-2)19(3)15-23-22-11-10-20-16-21(33)12-13-28(20,4)30(22,32)24(34)17-29(23,31)5/h12-13,16,19,22-24,34H,6-11,14-15,17-18H2,1-5H3/t19-,22+,23+,24?,28+,29+,30+,31+/m1/s1. The zero-order valence-corrected chi connectivity index (χ0v) is 25.5. The van der Waals surface area contributed by atoms with Crippen molar-refractivity contribution in [1.82, 2.24) is 0 Å². The van der Waals surface area contributed by atoms with Crippen LogP contribution in [0.1, 0.15) is 79.6 Å². The predicted molar refractivity (Wildman–Crippen MR) is 150 cm³/mol. The Kier molecular flexibility index (Phi) is 9.01. The number of ketones is 2. The molecule has 41 heavy (non-hydrogen) atoms. The molecule has 1 N–H and O–H groups in total. The van der Waals surface area contributed by atoms with E-state index in [2.05, 4.69) is 0 Å². The molecule has 3 fully saturated rings. The first-order valence-corrected chi connectivity index (χ1v) is 15.2. The number of Topliss-reactive ketones (excluding diaryl/α,β-unsaturated/α-hetero) is 1. The summed E-state index contributed by atoms with van der Waals surface area (Å²) in [6, 6.07) is 0. The van der Waals surface area contributed by atoms with Crippen molar-refractivity contribution in [2.24, 2.45) is 28.6 Å². The highest BCUT2D eigenvalue weighted by atomic mass is 35.5. The van der Waals surface area contributed by atoms with E-state index in [4.69, 9.17) is 30.5 Å². The van der Waals surface area contributed by atoms with Crippen molar-refractivity contribution in [2.75, 3.05) is 19.8 Å². The molecule has 9 nitrogen and oxygen atoms in total. The number of carbonyl (C=O) groups excluding carboxylic acids is 4. The minimum Gasteiger partial charge on any atom is -0.435 e. The van der Waals surface area contributed by atoms with Crippen LogP contribution in [-0.4, -0.2) is 65.4 Å². The van der Waals surface area contributed by atoms with Crippen molar-refractivity contribution in [2.45, 2.75) is 96.1 Å². The zero-order chi connectivity index (χ0) is 30.2. The van der Waals surface area contributed by atoms with Crippen LogP contribution in [0.5, 0.6) is 0 Å². The van der Waals surface area contributed by atoms with Crippen molar-refractivity contribution in [3.05, 3.63) is 23.8 Å². The van der Waals surface area contributed by atoms with E-state index in [-0.39, 0.29) is 37.3 Å². The topological polar surface area (TPSA) is 125 Å². The van der Waals surface area contributed by atoms with E-state index < -0.39 is 58.0 Å². The van der Waals surface area contributed by atoms with Gasteiger partial charge in [0.1, 0.15) is 0 Å². The second kappa shape index (κ2) is 11.7. The largest absolute Gasteiger partial charge is 0.509 e. The van der Waals surface area contributed by atoms with Gasteiger partial charge in [0.05, 0.1) is 24.2 Å². The molecule has 0 aliphatic heterocycles. The number of unbranched alkanes of at least 4 members (excludes halogenated alkanes) is 2. The summed E-state index contributed by atoms with van der Waals surface area (Å²) in [6.45, 7) is 8.90. The third-order valence-electron chi connectivity index (χ3n) is 10.4. The highest BCUT2D eigenvalue weighted by molar-refractivity contribution is 6.26. The molecular weight excluding hydrogens is 552 g/mol. The fourth-order valence-electron chi connectivity index (χ4n) is 8.46. The molecule has 10 heteroatoms. The van der Waals surface area contributed by atoms with E-state index in [0.717, 1.165) is 18.4 Å². The molecule has 0 radical (unpaired) electrons. The normalized spacial score (nSPS) is 39.1.